The molecule has 0 spiro atoms. The molecule has 11 atom stereocenters. The summed E-state index contributed by atoms with van der Waals surface area (Å²) in [6.07, 6.45) is 5.75. The first-order valence-electron chi connectivity index (χ1n) is 14.4. The van der Waals surface area contributed by atoms with E-state index in [0.29, 0.717) is 25.2 Å². The minimum atomic E-state index is -0.436. The minimum Gasteiger partial charge on any atom is -0.393 e. The van der Waals surface area contributed by atoms with Gasteiger partial charge in [0.25, 0.3) is 0 Å². The van der Waals surface area contributed by atoms with Gasteiger partial charge in [-0.1, -0.05) is 20.8 Å². The second-order valence-electron chi connectivity index (χ2n) is 13.3. The molecule has 0 aliphatic heterocycles. The number of carbonyl (C=O) groups excluding carboxylic acids is 3. The highest BCUT2D eigenvalue weighted by Crippen LogP contribution is 2.68. The van der Waals surface area contributed by atoms with E-state index in [4.69, 9.17) is 0 Å². The van der Waals surface area contributed by atoms with Crippen LogP contribution in [-0.2, 0) is 14.4 Å². The molecule has 0 heterocycles. The zero-order chi connectivity index (χ0) is 27.1. The fraction of sp³-hybridized carbons (Fsp3) is 0.897. The van der Waals surface area contributed by atoms with E-state index in [2.05, 4.69) is 31.4 Å². The van der Waals surface area contributed by atoms with Crippen LogP contribution in [0.15, 0.2) is 0 Å². The zero-order valence-corrected chi connectivity index (χ0v) is 23.0. The standard InChI is InChI=1S/C29H48N2O6/c1-16(5-8-25(36)30-15-31-26(37)11-17(2)32)20-6-7-21-27-22(14-24(35)29(20,21)4)28(3)10-9-19(33)12-18(28)13-23(27)34/h16,18-24,27,33-35H,5-15H2,1-4H3,(H,30,36)(H,31,37)/t16?,18?,19-,20?,21?,22?,23-,24+,27?,28+,29-/m1/s1. The average Bonchev–Trinajstić information content (AvgIpc) is 3.17. The fourth-order valence-corrected chi connectivity index (χ4v) is 9.31. The van der Waals surface area contributed by atoms with Gasteiger partial charge in [0.2, 0.25) is 11.8 Å². The van der Waals surface area contributed by atoms with Crippen LogP contribution in [0.1, 0.15) is 91.9 Å². The van der Waals surface area contributed by atoms with E-state index in [-0.39, 0.29) is 77.4 Å². The molecular weight excluding hydrogens is 472 g/mol. The van der Waals surface area contributed by atoms with E-state index >= 15 is 0 Å². The molecule has 4 aliphatic carbocycles. The van der Waals surface area contributed by atoms with Gasteiger partial charge in [0, 0.05) is 6.42 Å². The van der Waals surface area contributed by atoms with Crippen LogP contribution >= 0.6 is 0 Å². The first kappa shape index (κ1) is 28.5. The van der Waals surface area contributed by atoms with Crippen LogP contribution in [0, 0.1) is 46.3 Å². The molecule has 0 aromatic heterocycles. The number of amides is 2. The Morgan fingerprint density at radius 3 is 2.35 bits per heavy atom. The number of nitrogens with one attached hydrogen (secondary N) is 2. The number of carbonyl (C=O) groups is 3. The quantitative estimate of drug-likeness (QED) is 0.247. The molecule has 0 saturated heterocycles. The van der Waals surface area contributed by atoms with Gasteiger partial charge in [-0.2, -0.15) is 0 Å². The topological polar surface area (TPSA) is 136 Å². The van der Waals surface area contributed by atoms with E-state index in [0.717, 1.165) is 38.5 Å². The van der Waals surface area contributed by atoms with Crippen molar-refractivity contribution in [1.29, 1.82) is 0 Å². The van der Waals surface area contributed by atoms with E-state index < -0.39 is 12.0 Å². The largest absolute Gasteiger partial charge is 0.393 e. The molecule has 0 aromatic carbocycles. The Bertz CT molecular complexity index is 880. The summed E-state index contributed by atoms with van der Waals surface area (Å²) in [5, 5.41) is 38.6. The summed E-state index contributed by atoms with van der Waals surface area (Å²) in [6, 6.07) is 0. The third-order valence-electron chi connectivity index (χ3n) is 11.3. The molecule has 4 rings (SSSR count). The molecule has 2 amide bonds. The van der Waals surface area contributed by atoms with Crippen LogP contribution in [0.5, 0.6) is 0 Å². The van der Waals surface area contributed by atoms with Crippen molar-refractivity contribution >= 4 is 17.6 Å². The van der Waals surface area contributed by atoms with Crippen molar-refractivity contribution in [3.63, 3.8) is 0 Å². The lowest BCUT2D eigenvalue weighted by Gasteiger charge is -2.63. The maximum atomic E-state index is 12.4. The van der Waals surface area contributed by atoms with E-state index in [1.165, 1.54) is 6.92 Å². The average molecular weight is 521 g/mol. The highest BCUT2D eigenvalue weighted by Gasteiger charge is 2.65. The van der Waals surface area contributed by atoms with Crippen molar-refractivity contribution in [2.45, 2.75) is 110 Å². The smallest absolute Gasteiger partial charge is 0.228 e. The van der Waals surface area contributed by atoms with Crippen LogP contribution in [-0.4, -0.2) is 57.9 Å². The van der Waals surface area contributed by atoms with Gasteiger partial charge in [0.15, 0.2) is 0 Å². The van der Waals surface area contributed by atoms with Gasteiger partial charge < -0.3 is 26.0 Å². The van der Waals surface area contributed by atoms with Gasteiger partial charge in [-0.3, -0.25) is 14.4 Å². The molecule has 210 valence electrons. The summed E-state index contributed by atoms with van der Waals surface area (Å²) in [5.41, 5.74) is -0.219. The minimum absolute atomic E-state index is 0.0129. The Morgan fingerprint density at radius 1 is 0.946 bits per heavy atom. The van der Waals surface area contributed by atoms with Crippen molar-refractivity contribution in [1.82, 2.24) is 10.6 Å². The van der Waals surface area contributed by atoms with Gasteiger partial charge in [-0.15, -0.1) is 0 Å². The number of aliphatic hydroxyl groups excluding tert-OH is 3. The molecule has 5 N–H and O–H groups in total. The Balaban J connectivity index is 1.37. The Morgan fingerprint density at radius 2 is 1.65 bits per heavy atom. The van der Waals surface area contributed by atoms with Gasteiger partial charge >= 0.3 is 0 Å². The van der Waals surface area contributed by atoms with Crippen LogP contribution in [0.3, 0.4) is 0 Å². The first-order chi connectivity index (χ1) is 17.4. The summed E-state index contributed by atoms with van der Waals surface area (Å²) >= 11 is 0. The van der Waals surface area contributed by atoms with Crippen molar-refractivity contribution in [3.05, 3.63) is 0 Å². The Kier molecular flexibility index (Phi) is 8.42. The van der Waals surface area contributed by atoms with E-state index in [1.807, 2.05) is 0 Å². The summed E-state index contributed by atoms with van der Waals surface area (Å²) < 4.78 is 0. The monoisotopic (exact) mass is 520 g/mol. The maximum absolute atomic E-state index is 12.4. The van der Waals surface area contributed by atoms with Crippen molar-refractivity contribution < 1.29 is 29.7 Å². The van der Waals surface area contributed by atoms with Crippen LogP contribution in [0.2, 0.25) is 0 Å². The second-order valence-corrected chi connectivity index (χ2v) is 13.3. The van der Waals surface area contributed by atoms with Crippen molar-refractivity contribution in [3.8, 4) is 0 Å². The van der Waals surface area contributed by atoms with Crippen molar-refractivity contribution in [2.24, 2.45) is 46.3 Å². The first-order valence-corrected chi connectivity index (χ1v) is 14.4. The molecule has 0 bridgehead atoms. The predicted molar refractivity (Wildman–Crippen MR) is 139 cm³/mol. The van der Waals surface area contributed by atoms with E-state index in [9.17, 15) is 29.7 Å². The molecule has 0 radical (unpaired) electrons. The lowest BCUT2D eigenvalue weighted by molar-refractivity contribution is -0.207. The van der Waals surface area contributed by atoms with Crippen LogP contribution in [0.4, 0.5) is 0 Å². The zero-order valence-electron chi connectivity index (χ0n) is 23.0. The number of ketones is 1. The summed E-state index contributed by atoms with van der Waals surface area (Å²) in [6.45, 7) is 8.11. The van der Waals surface area contributed by atoms with Crippen LogP contribution in [0.25, 0.3) is 0 Å². The normalized spacial score (nSPS) is 43.6. The van der Waals surface area contributed by atoms with Crippen LogP contribution < -0.4 is 10.6 Å². The molecule has 4 saturated carbocycles. The maximum Gasteiger partial charge on any atom is 0.228 e. The highest BCUT2D eigenvalue weighted by atomic mass is 16.3. The summed E-state index contributed by atoms with van der Waals surface area (Å²) in [4.78, 5) is 35.0. The summed E-state index contributed by atoms with van der Waals surface area (Å²) in [7, 11) is 0. The number of hydrogen-bond donors (Lipinski definition) is 5. The lowest BCUT2D eigenvalue weighted by Crippen LogP contribution is -2.62. The third-order valence-corrected chi connectivity index (χ3v) is 11.3. The van der Waals surface area contributed by atoms with Gasteiger partial charge in [0.05, 0.1) is 31.4 Å². The van der Waals surface area contributed by atoms with Gasteiger partial charge in [-0.05, 0) is 105 Å². The molecule has 4 aliphatic rings. The number of Topliss-reactive ketones (excluding diaryl/α,β-unsaturated/α-hetero) is 1. The number of hydrogen-bond acceptors (Lipinski definition) is 6. The molecular formula is C29H48N2O6. The Labute approximate surface area is 221 Å². The summed E-state index contributed by atoms with van der Waals surface area (Å²) in [5.74, 6) is 0.804. The van der Waals surface area contributed by atoms with E-state index in [1.54, 1.807) is 0 Å². The molecule has 0 aromatic rings. The third kappa shape index (κ3) is 5.35. The predicted octanol–water partition coefficient (Wildman–Crippen LogP) is 2.53. The van der Waals surface area contributed by atoms with Gasteiger partial charge in [0.1, 0.15) is 5.78 Å². The lowest BCUT2D eigenvalue weighted by atomic mass is 9.43. The fourth-order valence-electron chi connectivity index (χ4n) is 9.31. The van der Waals surface area contributed by atoms with Crippen molar-refractivity contribution in [2.75, 3.05) is 6.67 Å². The number of rotatable bonds is 8. The van der Waals surface area contributed by atoms with Gasteiger partial charge in [-0.25, -0.2) is 0 Å². The molecule has 37 heavy (non-hydrogen) atoms. The second kappa shape index (κ2) is 10.9. The molecule has 4 fully saturated rings. The Hall–Kier alpha value is -1.51. The molecule has 8 nitrogen and oxygen atoms in total. The number of fused-ring (bicyclic) bond motifs is 5. The SMILES string of the molecule is CC(=O)CC(=O)NCNC(=O)CCC(C)C1CCC2C3C(C[C@H](O)[C@]12C)[C@@]1(C)CC[C@@H](O)CC1C[C@H]3O. The number of aliphatic hydroxyl groups is 3. The molecule has 8 heteroatoms. The molecule has 6 unspecified atom stereocenters. The highest BCUT2D eigenvalue weighted by molar-refractivity contribution is 5.96.